The van der Waals surface area contributed by atoms with Gasteiger partial charge >= 0.3 is 0 Å². The molecule has 26 heavy (non-hydrogen) atoms. The van der Waals surface area contributed by atoms with Crippen LogP contribution in [0, 0.1) is 3.57 Å². The second kappa shape index (κ2) is 7.36. The first kappa shape index (κ1) is 18.2. The third-order valence-electron chi connectivity index (χ3n) is 4.02. The lowest BCUT2D eigenvalue weighted by Gasteiger charge is -2.14. The second-order valence-electron chi connectivity index (χ2n) is 6.09. The highest BCUT2D eigenvalue weighted by Crippen LogP contribution is 2.27. The van der Waals surface area contributed by atoms with Crippen LogP contribution in [-0.2, 0) is 6.54 Å². The van der Waals surface area contributed by atoms with Gasteiger partial charge in [-0.3, -0.25) is 14.8 Å². The summed E-state index contributed by atoms with van der Waals surface area (Å²) in [5.41, 5.74) is 1.70. The lowest BCUT2D eigenvalue weighted by Crippen LogP contribution is -2.08. The number of halogens is 1. The standard InChI is InChI=1S/C19H18IN3O3/c1-23(2)16-6-3-11(7-17(16)24)9-21-10-15-14-8-12(20)4-5-13(14)18(25)22-19(15)26/h3-8,10,24H,9H2,1-2H3,(H2,22,25,26). The highest BCUT2D eigenvalue weighted by molar-refractivity contribution is 14.1. The molecule has 0 amide bonds. The lowest BCUT2D eigenvalue weighted by molar-refractivity contribution is 0.452. The van der Waals surface area contributed by atoms with Crippen LogP contribution in [0.1, 0.15) is 11.1 Å². The van der Waals surface area contributed by atoms with Crippen LogP contribution in [0.2, 0.25) is 0 Å². The van der Waals surface area contributed by atoms with Gasteiger partial charge in [0.25, 0.3) is 5.56 Å². The molecule has 134 valence electrons. The number of aromatic amines is 1. The molecule has 1 aromatic heterocycles. The number of aromatic hydroxyl groups is 2. The third-order valence-corrected chi connectivity index (χ3v) is 4.69. The number of hydrogen-bond acceptors (Lipinski definition) is 5. The van der Waals surface area contributed by atoms with Crippen molar-refractivity contribution in [1.29, 1.82) is 0 Å². The van der Waals surface area contributed by atoms with E-state index in [1.54, 1.807) is 18.3 Å². The minimum Gasteiger partial charge on any atom is -0.506 e. The van der Waals surface area contributed by atoms with Gasteiger partial charge < -0.3 is 15.1 Å². The Bertz CT molecular complexity index is 1060. The Morgan fingerprint density at radius 2 is 1.92 bits per heavy atom. The van der Waals surface area contributed by atoms with E-state index in [2.05, 4.69) is 32.6 Å². The minimum absolute atomic E-state index is 0.189. The molecule has 3 rings (SSSR count). The Hall–Kier alpha value is -2.55. The van der Waals surface area contributed by atoms with E-state index < -0.39 is 0 Å². The van der Waals surface area contributed by atoms with Crippen molar-refractivity contribution in [3.05, 3.63) is 61.4 Å². The van der Waals surface area contributed by atoms with Gasteiger partial charge in [0.2, 0.25) is 5.88 Å². The first-order valence-corrected chi connectivity index (χ1v) is 8.98. The largest absolute Gasteiger partial charge is 0.506 e. The molecule has 0 unspecified atom stereocenters. The van der Waals surface area contributed by atoms with Crippen molar-refractivity contribution in [2.45, 2.75) is 6.54 Å². The molecule has 0 aliphatic carbocycles. The average Bonchev–Trinajstić information content (AvgIpc) is 2.57. The molecule has 1 heterocycles. The van der Waals surface area contributed by atoms with Gasteiger partial charge in [0.05, 0.1) is 17.8 Å². The first-order chi connectivity index (χ1) is 12.4. The quantitative estimate of drug-likeness (QED) is 0.410. The number of H-pyrrole nitrogens is 1. The summed E-state index contributed by atoms with van der Waals surface area (Å²) >= 11 is 2.16. The molecule has 2 aromatic carbocycles. The molecule has 0 radical (unpaired) electrons. The van der Waals surface area contributed by atoms with E-state index in [1.807, 2.05) is 43.3 Å². The monoisotopic (exact) mass is 463 g/mol. The lowest BCUT2D eigenvalue weighted by atomic mass is 10.1. The summed E-state index contributed by atoms with van der Waals surface area (Å²) in [6.07, 6.45) is 1.54. The predicted molar refractivity (Wildman–Crippen MR) is 113 cm³/mol. The zero-order valence-corrected chi connectivity index (χ0v) is 16.5. The van der Waals surface area contributed by atoms with Crippen molar-refractivity contribution in [2.24, 2.45) is 4.99 Å². The molecular formula is C19H18IN3O3. The number of benzene rings is 2. The Morgan fingerprint density at radius 1 is 1.15 bits per heavy atom. The van der Waals surface area contributed by atoms with Crippen LogP contribution < -0.4 is 10.5 Å². The summed E-state index contributed by atoms with van der Waals surface area (Å²) in [6.45, 7) is 0.339. The smallest absolute Gasteiger partial charge is 0.258 e. The number of nitrogens with one attached hydrogen (secondary N) is 1. The van der Waals surface area contributed by atoms with Gasteiger partial charge in [0, 0.05) is 34.7 Å². The van der Waals surface area contributed by atoms with Crippen molar-refractivity contribution >= 4 is 45.3 Å². The fraction of sp³-hybridized carbons (Fsp3) is 0.158. The molecule has 6 nitrogen and oxygen atoms in total. The van der Waals surface area contributed by atoms with Gasteiger partial charge in [-0.2, -0.15) is 0 Å². The number of rotatable bonds is 4. The van der Waals surface area contributed by atoms with E-state index in [-0.39, 0.29) is 17.2 Å². The number of anilines is 1. The van der Waals surface area contributed by atoms with Gasteiger partial charge in [-0.25, -0.2) is 0 Å². The van der Waals surface area contributed by atoms with E-state index in [0.29, 0.717) is 22.9 Å². The van der Waals surface area contributed by atoms with Crippen LogP contribution in [-0.4, -0.2) is 35.5 Å². The van der Waals surface area contributed by atoms with Gasteiger partial charge in [0.1, 0.15) is 5.75 Å². The van der Waals surface area contributed by atoms with Gasteiger partial charge in [-0.1, -0.05) is 6.07 Å². The summed E-state index contributed by atoms with van der Waals surface area (Å²) in [5, 5.41) is 21.3. The highest BCUT2D eigenvalue weighted by atomic mass is 127. The van der Waals surface area contributed by atoms with Crippen LogP contribution in [0.3, 0.4) is 0 Å². The average molecular weight is 463 g/mol. The Kier molecular flexibility index (Phi) is 5.17. The summed E-state index contributed by atoms with van der Waals surface area (Å²) in [5.74, 6) is -0.0198. The van der Waals surface area contributed by atoms with Gasteiger partial charge in [0.15, 0.2) is 0 Å². The van der Waals surface area contributed by atoms with Crippen molar-refractivity contribution < 1.29 is 10.2 Å². The predicted octanol–water partition coefficient (Wildman–Crippen LogP) is 3.23. The SMILES string of the molecule is CN(C)c1ccc(CN=Cc2c(O)[nH]c(=O)c3ccc(I)cc23)cc1O. The fourth-order valence-corrected chi connectivity index (χ4v) is 3.22. The number of phenolic OH excluding ortho intramolecular Hbond substituents is 1. The van der Waals surface area contributed by atoms with E-state index in [0.717, 1.165) is 14.8 Å². The zero-order chi connectivity index (χ0) is 18.8. The number of pyridine rings is 1. The Morgan fingerprint density at radius 3 is 2.62 bits per heavy atom. The molecule has 0 spiro atoms. The van der Waals surface area contributed by atoms with Gasteiger partial charge in [-0.05, 0) is 58.5 Å². The number of aromatic nitrogens is 1. The number of hydrogen-bond donors (Lipinski definition) is 3. The fourth-order valence-electron chi connectivity index (χ4n) is 2.73. The van der Waals surface area contributed by atoms with Crippen LogP contribution in [0.15, 0.2) is 46.2 Å². The van der Waals surface area contributed by atoms with Crippen LogP contribution in [0.5, 0.6) is 11.6 Å². The molecule has 3 aromatic rings. The summed E-state index contributed by atoms with van der Waals surface area (Å²) in [4.78, 5) is 20.6. The van der Waals surface area contributed by atoms with E-state index in [9.17, 15) is 15.0 Å². The third kappa shape index (κ3) is 3.67. The molecule has 0 fully saturated rings. The molecule has 0 atom stereocenters. The van der Waals surface area contributed by atoms with Crippen molar-refractivity contribution in [3.8, 4) is 11.6 Å². The molecule has 3 N–H and O–H groups in total. The maximum Gasteiger partial charge on any atom is 0.258 e. The molecule has 0 saturated heterocycles. The van der Waals surface area contributed by atoms with Crippen molar-refractivity contribution in [1.82, 2.24) is 4.98 Å². The minimum atomic E-state index is -0.338. The van der Waals surface area contributed by atoms with E-state index in [1.165, 1.54) is 0 Å². The summed E-state index contributed by atoms with van der Waals surface area (Å²) in [7, 11) is 3.72. The van der Waals surface area contributed by atoms with E-state index in [4.69, 9.17) is 0 Å². The van der Waals surface area contributed by atoms with Crippen LogP contribution in [0.25, 0.3) is 10.8 Å². The normalized spacial score (nSPS) is 11.3. The topological polar surface area (TPSA) is 88.9 Å². The maximum atomic E-state index is 12.0. The number of phenols is 1. The zero-order valence-electron chi connectivity index (χ0n) is 14.3. The van der Waals surface area contributed by atoms with Crippen LogP contribution >= 0.6 is 22.6 Å². The van der Waals surface area contributed by atoms with Gasteiger partial charge in [-0.15, -0.1) is 0 Å². The van der Waals surface area contributed by atoms with Crippen molar-refractivity contribution in [3.63, 3.8) is 0 Å². The Balaban J connectivity index is 1.93. The molecule has 7 heteroatoms. The Labute approximate surface area is 164 Å². The van der Waals surface area contributed by atoms with Crippen molar-refractivity contribution in [2.75, 3.05) is 19.0 Å². The molecule has 0 bridgehead atoms. The second-order valence-corrected chi connectivity index (χ2v) is 7.34. The summed E-state index contributed by atoms with van der Waals surface area (Å²) < 4.78 is 0.957. The maximum absolute atomic E-state index is 12.0. The van der Waals surface area contributed by atoms with Crippen LogP contribution in [0.4, 0.5) is 5.69 Å². The summed E-state index contributed by atoms with van der Waals surface area (Å²) in [6, 6.07) is 10.8. The molecular weight excluding hydrogens is 445 g/mol. The van der Waals surface area contributed by atoms with E-state index >= 15 is 0 Å². The first-order valence-electron chi connectivity index (χ1n) is 7.90. The molecule has 0 saturated carbocycles. The highest BCUT2D eigenvalue weighted by Gasteiger charge is 2.10. The molecule has 0 aliphatic rings. The number of fused-ring (bicyclic) bond motifs is 1. The number of nitrogens with zero attached hydrogens (tertiary/aromatic N) is 2. The number of aliphatic imine (C=N–C) groups is 1. The molecule has 0 aliphatic heterocycles.